The number of alkyl halides is 3. The van der Waals surface area contributed by atoms with E-state index < -0.39 is 5.51 Å². The van der Waals surface area contributed by atoms with E-state index >= 15 is 0 Å². The van der Waals surface area contributed by atoms with Crippen LogP contribution in [0.25, 0.3) is 0 Å². The first kappa shape index (κ1) is 15.6. The average Bonchev–Trinajstić information content (AvgIpc) is 2.40. The molecule has 2 aromatic rings. The first-order chi connectivity index (χ1) is 9.85. The maximum absolute atomic E-state index is 12.2. The van der Waals surface area contributed by atoms with E-state index in [1.807, 2.05) is 13.8 Å². The highest BCUT2D eigenvalue weighted by molar-refractivity contribution is 8.00. The summed E-state index contributed by atoms with van der Waals surface area (Å²) in [6, 6.07) is 6.04. The molecule has 21 heavy (non-hydrogen) atoms. The Labute approximate surface area is 125 Å². The fraction of sp³-hybridized carbons (Fsp3) is 0.286. The topological polar surface area (TPSA) is 37.8 Å². The maximum atomic E-state index is 12.2. The summed E-state index contributed by atoms with van der Waals surface area (Å²) in [7, 11) is 0. The zero-order chi connectivity index (χ0) is 15.5. The second-order valence-corrected chi connectivity index (χ2v) is 5.60. The fourth-order valence-corrected chi connectivity index (χ4v) is 2.45. The fourth-order valence-electron chi connectivity index (χ4n) is 1.91. The quantitative estimate of drug-likeness (QED) is 0.839. The van der Waals surface area contributed by atoms with Gasteiger partial charge in [0, 0.05) is 23.0 Å². The van der Waals surface area contributed by atoms with E-state index in [1.165, 1.54) is 12.1 Å². The van der Waals surface area contributed by atoms with Gasteiger partial charge in [-0.25, -0.2) is 0 Å². The number of nitrogens with zero attached hydrogens (tertiary/aromatic N) is 2. The Morgan fingerprint density at radius 1 is 1.10 bits per heavy atom. The van der Waals surface area contributed by atoms with Gasteiger partial charge in [-0.05, 0) is 49.9 Å². The molecule has 7 heteroatoms. The van der Waals surface area contributed by atoms with Crippen molar-refractivity contribution in [2.45, 2.75) is 30.3 Å². The molecule has 2 rings (SSSR count). The molecule has 0 aliphatic heterocycles. The molecule has 0 radical (unpaired) electrons. The van der Waals surface area contributed by atoms with Crippen molar-refractivity contribution in [1.29, 1.82) is 0 Å². The van der Waals surface area contributed by atoms with Gasteiger partial charge in [-0.3, -0.25) is 9.97 Å². The number of benzene rings is 1. The highest BCUT2D eigenvalue weighted by Gasteiger charge is 2.29. The van der Waals surface area contributed by atoms with E-state index in [2.05, 4.69) is 15.3 Å². The van der Waals surface area contributed by atoms with Gasteiger partial charge in [-0.15, -0.1) is 0 Å². The van der Waals surface area contributed by atoms with Crippen LogP contribution < -0.4 is 5.32 Å². The summed E-state index contributed by atoms with van der Waals surface area (Å²) in [6.45, 7) is 3.79. The predicted molar refractivity (Wildman–Crippen MR) is 77.2 cm³/mol. The van der Waals surface area contributed by atoms with Crippen molar-refractivity contribution in [3.63, 3.8) is 0 Å². The number of nitrogens with one attached hydrogen (secondary N) is 1. The number of aromatic nitrogens is 2. The lowest BCUT2D eigenvalue weighted by Gasteiger charge is -2.16. The highest BCUT2D eigenvalue weighted by Crippen LogP contribution is 2.37. The van der Waals surface area contributed by atoms with Crippen molar-refractivity contribution in [2.24, 2.45) is 0 Å². The molecule has 1 atom stereocenters. The molecule has 0 bridgehead atoms. The molecule has 1 heterocycles. The van der Waals surface area contributed by atoms with Crippen molar-refractivity contribution < 1.29 is 13.2 Å². The Morgan fingerprint density at radius 2 is 1.71 bits per heavy atom. The number of aryl methyl sites for hydroxylation is 1. The SMILES string of the molecule is Cc1nccnc1C(C)Nc1ccc(SC(F)(F)F)cc1. The molecule has 1 aromatic heterocycles. The second kappa shape index (κ2) is 6.34. The predicted octanol–water partition coefficient (Wildman–Crippen LogP) is 4.57. The number of hydrogen-bond acceptors (Lipinski definition) is 4. The van der Waals surface area contributed by atoms with Crippen LogP contribution >= 0.6 is 11.8 Å². The average molecular weight is 313 g/mol. The molecule has 0 saturated heterocycles. The summed E-state index contributed by atoms with van der Waals surface area (Å²) in [5.41, 5.74) is -1.90. The number of anilines is 1. The van der Waals surface area contributed by atoms with Gasteiger partial charge < -0.3 is 5.32 Å². The molecule has 0 amide bonds. The summed E-state index contributed by atoms with van der Waals surface area (Å²) in [5.74, 6) is 0. The monoisotopic (exact) mass is 313 g/mol. The van der Waals surface area contributed by atoms with Gasteiger partial charge in [-0.1, -0.05) is 0 Å². The molecule has 0 aliphatic carbocycles. The van der Waals surface area contributed by atoms with Crippen LogP contribution in [0, 0.1) is 6.92 Å². The number of rotatable bonds is 4. The molecular weight excluding hydrogens is 299 g/mol. The van der Waals surface area contributed by atoms with Gasteiger partial charge >= 0.3 is 5.51 Å². The van der Waals surface area contributed by atoms with E-state index in [0.717, 1.165) is 17.1 Å². The third kappa shape index (κ3) is 4.63. The Kier molecular flexibility index (Phi) is 4.72. The van der Waals surface area contributed by atoms with E-state index in [4.69, 9.17) is 0 Å². The van der Waals surface area contributed by atoms with Gasteiger partial charge in [0.1, 0.15) is 0 Å². The van der Waals surface area contributed by atoms with Crippen LogP contribution in [-0.2, 0) is 0 Å². The molecule has 1 aromatic carbocycles. The van der Waals surface area contributed by atoms with Crippen LogP contribution in [-0.4, -0.2) is 15.5 Å². The van der Waals surface area contributed by atoms with Crippen LogP contribution in [0.4, 0.5) is 18.9 Å². The van der Waals surface area contributed by atoms with Gasteiger partial charge in [0.25, 0.3) is 0 Å². The van der Waals surface area contributed by atoms with Crippen molar-refractivity contribution in [3.8, 4) is 0 Å². The van der Waals surface area contributed by atoms with Crippen molar-refractivity contribution in [3.05, 3.63) is 48.0 Å². The van der Waals surface area contributed by atoms with Crippen molar-refractivity contribution >= 4 is 17.4 Å². The van der Waals surface area contributed by atoms with Crippen LogP contribution in [0.5, 0.6) is 0 Å². The van der Waals surface area contributed by atoms with E-state index in [-0.39, 0.29) is 22.7 Å². The normalized spacial score (nSPS) is 13.0. The van der Waals surface area contributed by atoms with Crippen LogP contribution in [0.15, 0.2) is 41.6 Å². The second-order valence-electron chi connectivity index (χ2n) is 4.47. The van der Waals surface area contributed by atoms with Gasteiger partial charge in [0.2, 0.25) is 0 Å². The number of thioether (sulfide) groups is 1. The molecule has 0 aliphatic rings. The zero-order valence-electron chi connectivity index (χ0n) is 11.5. The zero-order valence-corrected chi connectivity index (χ0v) is 12.3. The van der Waals surface area contributed by atoms with Crippen LogP contribution in [0.3, 0.4) is 0 Å². The lowest BCUT2D eigenvalue weighted by Crippen LogP contribution is -2.10. The largest absolute Gasteiger partial charge is 0.446 e. The Hall–Kier alpha value is -1.76. The van der Waals surface area contributed by atoms with Crippen molar-refractivity contribution in [2.75, 3.05) is 5.32 Å². The minimum atomic E-state index is -4.26. The Bertz CT molecular complexity index is 599. The molecule has 3 nitrogen and oxygen atoms in total. The molecule has 0 fully saturated rings. The standard InChI is InChI=1S/C14H14F3N3S/c1-9-13(19-8-7-18-9)10(2)20-11-3-5-12(6-4-11)21-14(15,16)17/h3-8,10,20H,1-2H3. The van der Waals surface area contributed by atoms with Gasteiger partial charge in [-0.2, -0.15) is 13.2 Å². The third-order valence-electron chi connectivity index (χ3n) is 2.80. The molecule has 1 N–H and O–H groups in total. The lowest BCUT2D eigenvalue weighted by atomic mass is 10.2. The van der Waals surface area contributed by atoms with Crippen LogP contribution in [0.1, 0.15) is 24.4 Å². The summed E-state index contributed by atoms with van der Waals surface area (Å²) in [4.78, 5) is 8.59. The number of halogens is 3. The summed E-state index contributed by atoms with van der Waals surface area (Å²) < 4.78 is 36.7. The van der Waals surface area contributed by atoms with Crippen LogP contribution in [0.2, 0.25) is 0 Å². The lowest BCUT2D eigenvalue weighted by molar-refractivity contribution is -0.0328. The summed E-state index contributed by atoms with van der Waals surface area (Å²) in [5, 5.41) is 3.20. The number of hydrogen-bond donors (Lipinski definition) is 1. The van der Waals surface area contributed by atoms with E-state index in [9.17, 15) is 13.2 Å². The molecule has 112 valence electrons. The van der Waals surface area contributed by atoms with E-state index in [1.54, 1.807) is 24.5 Å². The van der Waals surface area contributed by atoms with E-state index in [0.29, 0.717) is 0 Å². The molecular formula is C14H14F3N3S. The third-order valence-corrected chi connectivity index (χ3v) is 3.54. The maximum Gasteiger partial charge on any atom is 0.446 e. The smallest absolute Gasteiger partial charge is 0.377 e. The minimum absolute atomic E-state index is 0.0835. The molecule has 0 saturated carbocycles. The Balaban J connectivity index is 2.05. The first-order valence-electron chi connectivity index (χ1n) is 6.25. The first-order valence-corrected chi connectivity index (χ1v) is 7.06. The highest BCUT2D eigenvalue weighted by atomic mass is 32.2. The summed E-state index contributed by atoms with van der Waals surface area (Å²) >= 11 is -0.123. The van der Waals surface area contributed by atoms with Gasteiger partial charge in [0.05, 0.1) is 17.4 Å². The summed E-state index contributed by atoms with van der Waals surface area (Å²) in [6.07, 6.45) is 3.23. The minimum Gasteiger partial charge on any atom is -0.377 e. The molecule has 0 spiro atoms. The van der Waals surface area contributed by atoms with Gasteiger partial charge in [0.15, 0.2) is 0 Å². The Morgan fingerprint density at radius 3 is 2.29 bits per heavy atom. The van der Waals surface area contributed by atoms with Crippen molar-refractivity contribution in [1.82, 2.24) is 9.97 Å². The molecule has 1 unspecified atom stereocenters.